The van der Waals surface area contributed by atoms with E-state index in [-0.39, 0.29) is 0 Å². The van der Waals surface area contributed by atoms with Gasteiger partial charge >= 0.3 is 0 Å². The molecule has 0 fully saturated rings. The Morgan fingerprint density at radius 2 is 1.82 bits per heavy atom. The molecular weight excluding hydrogens is 208 g/mol. The fourth-order valence-corrected chi connectivity index (χ4v) is 1.60. The molecule has 0 spiro atoms. The van der Waals surface area contributed by atoms with Gasteiger partial charge in [-0.25, -0.2) is 0 Å². The quantitative estimate of drug-likeness (QED) is 0.760. The summed E-state index contributed by atoms with van der Waals surface area (Å²) in [6.07, 6.45) is 4.09. The smallest absolute Gasteiger partial charge is 0.120 e. The Morgan fingerprint density at radius 3 is 2.59 bits per heavy atom. The van der Waals surface area contributed by atoms with Crippen LogP contribution in [0.4, 0.5) is 0 Å². The van der Waals surface area contributed by atoms with Gasteiger partial charge in [0.1, 0.15) is 12.4 Å². The molecule has 0 heterocycles. The normalized spacial score (nSPS) is 10.6. The van der Waals surface area contributed by atoms with Crippen molar-refractivity contribution in [2.45, 2.75) is 6.92 Å². The Balaban J connectivity index is 1.86. The minimum Gasteiger partial charge on any atom is -0.490 e. The van der Waals surface area contributed by atoms with Gasteiger partial charge in [-0.2, -0.15) is 0 Å². The summed E-state index contributed by atoms with van der Waals surface area (Å²) < 4.78 is 5.62. The van der Waals surface area contributed by atoms with Crippen molar-refractivity contribution >= 4 is 6.08 Å². The minimum atomic E-state index is 0.596. The van der Waals surface area contributed by atoms with E-state index in [2.05, 4.69) is 31.2 Å². The molecule has 0 saturated carbocycles. The standard InChI is InChI=1S/C16H16O/c1-14-7-5-11-16(13-14)17-12-6-10-15-8-3-2-4-9-15/h2-11,13H,12H2,1H3. The Morgan fingerprint density at radius 1 is 1.00 bits per heavy atom. The maximum absolute atomic E-state index is 5.62. The van der Waals surface area contributed by atoms with Crippen molar-refractivity contribution in [3.05, 3.63) is 71.8 Å². The summed E-state index contributed by atoms with van der Waals surface area (Å²) in [7, 11) is 0. The zero-order valence-electron chi connectivity index (χ0n) is 9.97. The third-order valence-electron chi connectivity index (χ3n) is 2.45. The van der Waals surface area contributed by atoms with E-state index < -0.39 is 0 Å². The van der Waals surface area contributed by atoms with Gasteiger partial charge in [-0.3, -0.25) is 0 Å². The molecule has 1 heteroatoms. The van der Waals surface area contributed by atoms with E-state index in [4.69, 9.17) is 4.74 Å². The fourth-order valence-electron chi connectivity index (χ4n) is 1.60. The van der Waals surface area contributed by atoms with E-state index in [0.717, 1.165) is 5.75 Å². The van der Waals surface area contributed by atoms with Crippen LogP contribution in [0.5, 0.6) is 5.75 Å². The second kappa shape index (κ2) is 5.90. The molecule has 0 N–H and O–H groups in total. The number of benzene rings is 2. The lowest BCUT2D eigenvalue weighted by molar-refractivity contribution is 0.363. The predicted molar refractivity (Wildman–Crippen MR) is 72.2 cm³/mol. The third kappa shape index (κ3) is 3.80. The van der Waals surface area contributed by atoms with Crippen molar-refractivity contribution in [3.8, 4) is 5.75 Å². The molecule has 86 valence electrons. The van der Waals surface area contributed by atoms with Crippen LogP contribution in [-0.4, -0.2) is 6.61 Å². The first kappa shape index (κ1) is 11.5. The highest BCUT2D eigenvalue weighted by Crippen LogP contribution is 2.12. The molecule has 17 heavy (non-hydrogen) atoms. The summed E-state index contributed by atoms with van der Waals surface area (Å²) in [4.78, 5) is 0. The molecule has 1 nitrogen and oxygen atoms in total. The first-order valence-electron chi connectivity index (χ1n) is 5.76. The fraction of sp³-hybridized carbons (Fsp3) is 0.125. The summed E-state index contributed by atoms with van der Waals surface area (Å²) in [6, 6.07) is 18.3. The Hall–Kier alpha value is -2.02. The maximum atomic E-state index is 5.62. The number of ether oxygens (including phenoxy) is 1. The summed E-state index contributed by atoms with van der Waals surface area (Å²) in [6.45, 7) is 2.66. The topological polar surface area (TPSA) is 9.23 Å². The van der Waals surface area contributed by atoms with E-state index in [1.165, 1.54) is 11.1 Å². The van der Waals surface area contributed by atoms with E-state index in [1.807, 2.05) is 42.5 Å². The van der Waals surface area contributed by atoms with Crippen LogP contribution in [0.2, 0.25) is 0 Å². The number of rotatable bonds is 4. The summed E-state index contributed by atoms with van der Waals surface area (Å²) >= 11 is 0. The van der Waals surface area contributed by atoms with E-state index in [0.29, 0.717) is 6.61 Å². The van der Waals surface area contributed by atoms with Gasteiger partial charge in [0, 0.05) is 0 Å². The van der Waals surface area contributed by atoms with Gasteiger partial charge in [0.2, 0.25) is 0 Å². The average Bonchev–Trinajstić information content (AvgIpc) is 2.36. The Bertz CT molecular complexity index is 486. The molecule has 0 radical (unpaired) electrons. The number of aryl methyl sites for hydroxylation is 1. The lowest BCUT2D eigenvalue weighted by atomic mass is 10.2. The minimum absolute atomic E-state index is 0.596. The van der Waals surface area contributed by atoms with Crippen molar-refractivity contribution in [2.75, 3.05) is 6.61 Å². The van der Waals surface area contributed by atoms with Crippen LogP contribution in [0.1, 0.15) is 11.1 Å². The predicted octanol–water partition coefficient (Wildman–Crippen LogP) is 4.09. The zero-order chi connectivity index (χ0) is 11.9. The largest absolute Gasteiger partial charge is 0.490 e. The number of hydrogen-bond donors (Lipinski definition) is 0. The average molecular weight is 224 g/mol. The molecular formula is C16H16O. The molecule has 2 rings (SSSR count). The van der Waals surface area contributed by atoms with Crippen molar-refractivity contribution in [3.63, 3.8) is 0 Å². The van der Waals surface area contributed by atoms with Crippen LogP contribution in [0.3, 0.4) is 0 Å². The van der Waals surface area contributed by atoms with E-state index >= 15 is 0 Å². The van der Waals surface area contributed by atoms with Crippen LogP contribution >= 0.6 is 0 Å². The van der Waals surface area contributed by atoms with Gasteiger partial charge in [0.25, 0.3) is 0 Å². The SMILES string of the molecule is Cc1cccc(OCC=Cc2ccccc2)c1. The molecule has 0 amide bonds. The second-order valence-corrected chi connectivity index (χ2v) is 3.94. The van der Waals surface area contributed by atoms with Gasteiger partial charge in [-0.1, -0.05) is 48.5 Å². The van der Waals surface area contributed by atoms with Crippen molar-refractivity contribution in [2.24, 2.45) is 0 Å². The molecule has 0 aliphatic rings. The van der Waals surface area contributed by atoms with Crippen LogP contribution in [0, 0.1) is 6.92 Å². The molecule has 0 aliphatic heterocycles. The van der Waals surface area contributed by atoms with Crippen LogP contribution < -0.4 is 4.74 Å². The van der Waals surface area contributed by atoms with Gasteiger partial charge in [0.05, 0.1) is 0 Å². The Labute approximate surface area is 102 Å². The van der Waals surface area contributed by atoms with Crippen LogP contribution in [0.15, 0.2) is 60.7 Å². The summed E-state index contributed by atoms with van der Waals surface area (Å²) in [5, 5.41) is 0. The molecule has 0 bridgehead atoms. The highest BCUT2D eigenvalue weighted by atomic mass is 16.5. The molecule has 0 atom stereocenters. The third-order valence-corrected chi connectivity index (χ3v) is 2.45. The summed E-state index contributed by atoms with van der Waals surface area (Å²) in [5.41, 5.74) is 2.41. The monoisotopic (exact) mass is 224 g/mol. The lowest BCUT2D eigenvalue weighted by Gasteiger charge is -2.03. The zero-order valence-corrected chi connectivity index (χ0v) is 9.97. The van der Waals surface area contributed by atoms with Gasteiger partial charge in [-0.05, 0) is 36.3 Å². The van der Waals surface area contributed by atoms with Crippen LogP contribution in [0.25, 0.3) is 6.08 Å². The Kier molecular flexibility index (Phi) is 3.98. The van der Waals surface area contributed by atoms with Crippen molar-refractivity contribution in [1.29, 1.82) is 0 Å². The maximum Gasteiger partial charge on any atom is 0.120 e. The first-order chi connectivity index (χ1) is 8.34. The molecule has 0 aliphatic carbocycles. The van der Waals surface area contributed by atoms with E-state index in [9.17, 15) is 0 Å². The molecule has 0 unspecified atom stereocenters. The van der Waals surface area contributed by atoms with E-state index in [1.54, 1.807) is 0 Å². The van der Waals surface area contributed by atoms with Crippen molar-refractivity contribution in [1.82, 2.24) is 0 Å². The van der Waals surface area contributed by atoms with Crippen LogP contribution in [-0.2, 0) is 0 Å². The van der Waals surface area contributed by atoms with Crippen molar-refractivity contribution < 1.29 is 4.74 Å². The highest BCUT2D eigenvalue weighted by Gasteiger charge is 1.91. The molecule has 0 aromatic heterocycles. The molecule has 2 aromatic carbocycles. The van der Waals surface area contributed by atoms with Gasteiger partial charge in [0.15, 0.2) is 0 Å². The number of hydrogen-bond acceptors (Lipinski definition) is 1. The lowest BCUT2D eigenvalue weighted by Crippen LogP contribution is -1.93. The molecule has 2 aromatic rings. The summed E-state index contributed by atoms with van der Waals surface area (Å²) in [5.74, 6) is 0.919. The van der Waals surface area contributed by atoms with Gasteiger partial charge in [-0.15, -0.1) is 0 Å². The highest BCUT2D eigenvalue weighted by molar-refractivity contribution is 5.48. The second-order valence-electron chi connectivity index (χ2n) is 3.94. The van der Waals surface area contributed by atoms with Gasteiger partial charge < -0.3 is 4.74 Å². The first-order valence-corrected chi connectivity index (χ1v) is 5.76. The molecule has 0 saturated heterocycles.